The second kappa shape index (κ2) is 11.5. The van der Waals surface area contributed by atoms with Crippen LogP contribution in [0.4, 0.5) is 5.69 Å². The summed E-state index contributed by atoms with van der Waals surface area (Å²) in [7, 11) is 0. The lowest BCUT2D eigenvalue weighted by Crippen LogP contribution is -2.55. The molecule has 3 aliphatic rings. The molecule has 4 rings (SSSR count). The summed E-state index contributed by atoms with van der Waals surface area (Å²) in [5.74, 6) is -1.91. The molecule has 3 aliphatic heterocycles. The van der Waals surface area contributed by atoms with Crippen LogP contribution < -0.4 is 4.90 Å². The number of hydrogen-bond acceptors (Lipinski definition) is 6. The number of amides is 2. The maximum Gasteiger partial charge on any atom is 0.310 e. The van der Waals surface area contributed by atoms with E-state index in [1.165, 1.54) is 0 Å². The Bertz CT molecular complexity index is 1010. The van der Waals surface area contributed by atoms with Gasteiger partial charge in [-0.25, -0.2) is 0 Å². The van der Waals surface area contributed by atoms with E-state index in [-0.39, 0.29) is 47.6 Å². The van der Waals surface area contributed by atoms with Crippen LogP contribution >= 0.6 is 39.3 Å². The molecule has 1 spiro atoms. The summed E-state index contributed by atoms with van der Waals surface area (Å²) in [6.45, 7) is 6.59. The average molecular weight is 600 g/mol. The summed E-state index contributed by atoms with van der Waals surface area (Å²) >= 11 is 11.4. The normalized spacial score (nSPS) is 30.4. The largest absolute Gasteiger partial charge is 0.466 e. The van der Waals surface area contributed by atoms with Crippen LogP contribution in [0.3, 0.4) is 0 Å². The third-order valence-corrected chi connectivity index (χ3v) is 10.8. The molecule has 3 saturated heterocycles. The van der Waals surface area contributed by atoms with Crippen molar-refractivity contribution in [2.75, 3.05) is 31.2 Å². The fourth-order valence-corrected chi connectivity index (χ4v) is 9.67. The topological polar surface area (TPSA) is 87.2 Å². The Kier molecular flexibility index (Phi) is 8.75. The van der Waals surface area contributed by atoms with Crippen molar-refractivity contribution in [3.63, 3.8) is 0 Å². The summed E-state index contributed by atoms with van der Waals surface area (Å²) in [5.41, 5.74) is 0.673. The third kappa shape index (κ3) is 4.72. The Morgan fingerprint density at radius 2 is 2.06 bits per heavy atom. The molecular weight excluding hydrogens is 568 g/mol. The molecule has 0 aromatic heterocycles. The highest BCUT2D eigenvalue weighted by Gasteiger charge is 2.76. The van der Waals surface area contributed by atoms with Crippen molar-refractivity contribution in [3.05, 3.63) is 41.9 Å². The third-order valence-electron chi connectivity index (χ3n) is 7.35. The maximum atomic E-state index is 14.4. The first kappa shape index (κ1) is 27.5. The highest BCUT2D eigenvalue weighted by atomic mass is 79.9. The van der Waals surface area contributed by atoms with Crippen molar-refractivity contribution in [1.29, 1.82) is 0 Å². The van der Waals surface area contributed by atoms with E-state index in [1.807, 2.05) is 0 Å². The molecule has 2 bridgehead atoms. The predicted molar refractivity (Wildman–Crippen MR) is 145 cm³/mol. The van der Waals surface area contributed by atoms with Gasteiger partial charge in [0.25, 0.3) is 5.91 Å². The Balaban J connectivity index is 1.75. The number of esters is 1. The van der Waals surface area contributed by atoms with Gasteiger partial charge >= 0.3 is 5.97 Å². The van der Waals surface area contributed by atoms with Crippen LogP contribution in [-0.4, -0.2) is 75.0 Å². The van der Waals surface area contributed by atoms with Gasteiger partial charge in [0.1, 0.15) is 6.04 Å². The minimum Gasteiger partial charge on any atom is -0.466 e. The second-order valence-corrected chi connectivity index (χ2v) is 12.6. The van der Waals surface area contributed by atoms with E-state index in [0.717, 1.165) is 6.42 Å². The number of hydrogen-bond donors (Lipinski definition) is 1. The van der Waals surface area contributed by atoms with Gasteiger partial charge in [-0.2, -0.15) is 0 Å². The zero-order valence-electron chi connectivity index (χ0n) is 20.3. The van der Waals surface area contributed by atoms with Crippen molar-refractivity contribution in [3.8, 4) is 0 Å². The first-order valence-corrected chi connectivity index (χ1v) is 14.6. The van der Waals surface area contributed by atoms with Crippen LogP contribution in [0.1, 0.15) is 32.6 Å². The van der Waals surface area contributed by atoms with Crippen LogP contribution in [0.5, 0.6) is 0 Å². The van der Waals surface area contributed by atoms with E-state index >= 15 is 0 Å². The van der Waals surface area contributed by atoms with Gasteiger partial charge in [-0.1, -0.05) is 33.6 Å². The molecule has 0 radical (unpaired) electrons. The molecule has 6 atom stereocenters. The Hall–Kier alpha value is -1.55. The lowest BCUT2D eigenvalue weighted by Gasteiger charge is -2.37. The number of halogens is 2. The first-order chi connectivity index (χ1) is 17.3. The number of rotatable bonds is 11. The van der Waals surface area contributed by atoms with Gasteiger partial charge < -0.3 is 19.6 Å². The molecule has 0 aliphatic carbocycles. The zero-order valence-corrected chi connectivity index (χ0v) is 23.4. The quantitative estimate of drug-likeness (QED) is 0.179. The number of likely N-dealkylation sites (tertiary alicyclic amines) is 1. The van der Waals surface area contributed by atoms with Crippen LogP contribution in [0.2, 0.25) is 5.02 Å². The second-order valence-electron chi connectivity index (χ2n) is 9.45. The van der Waals surface area contributed by atoms with Crippen molar-refractivity contribution in [2.24, 2.45) is 11.8 Å². The van der Waals surface area contributed by atoms with Crippen LogP contribution in [0.25, 0.3) is 0 Å². The van der Waals surface area contributed by atoms with Crippen molar-refractivity contribution in [2.45, 2.75) is 53.5 Å². The number of thioether (sulfide) groups is 1. The van der Waals surface area contributed by atoms with Gasteiger partial charge in [0.05, 0.1) is 23.2 Å². The number of nitrogens with zero attached hydrogens (tertiary/aromatic N) is 2. The fourth-order valence-electron chi connectivity index (χ4n) is 5.95. The van der Waals surface area contributed by atoms with Gasteiger partial charge in [0.15, 0.2) is 0 Å². The first-order valence-electron chi connectivity index (χ1n) is 12.4. The molecule has 3 heterocycles. The van der Waals surface area contributed by atoms with Crippen molar-refractivity contribution < 1.29 is 24.2 Å². The molecule has 1 N–H and O–H groups in total. The van der Waals surface area contributed by atoms with Gasteiger partial charge in [0.2, 0.25) is 5.91 Å². The Morgan fingerprint density at radius 1 is 1.33 bits per heavy atom. The van der Waals surface area contributed by atoms with Gasteiger partial charge in [-0.05, 0) is 56.9 Å². The van der Waals surface area contributed by atoms with E-state index in [4.69, 9.17) is 16.3 Å². The van der Waals surface area contributed by atoms with Crippen molar-refractivity contribution in [1.82, 2.24) is 4.90 Å². The zero-order chi connectivity index (χ0) is 26.0. The van der Waals surface area contributed by atoms with E-state index in [2.05, 4.69) is 22.5 Å². The molecular formula is C26H32BrClN2O5S. The van der Waals surface area contributed by atoms with Crippen LogP contribution in [0, 0.1) is 11.8 Å². The molecule has 0 saturated carbocycles. The monoisotopic (exact) mass is 598 g/mol. The number of aliphatic hydroxyl groups excluding tert-OH is 1. The summed E-state index contributed by atoms with van der Waals surface area (Å²) in [5, 5.41) is 9.63. The standard InChI is InChI=1S/C26H32BrClN2O5S/c1-3-12-29(17-10-8-16(28)9-11-17)24(33)22-26-15-18(27)21(36-26)19(25(34)35-4-2)20(26)23(32)30(22)13-6-5-7-14-31/h3,8-11,18-22,31H,1,4-7,12-15H2,2H3/t18?,19-,20+,21-,22?,26?/m1/s1. The summed E-state index contributed by atoms with van der Waals surface area (Å²) < 4.78 is 4.67. The van der Waals surface area contributed by atoms with Gasteiger partial charge in [-0.15, -0.1) is 18.3 Å². The van der Waals surface area contributed by atoms with E-state index in [9.17, 15) is 19.5 Å². The molecule has 2 amide bonds. The fraction of sp³-hybridized carbons (Fsp3) is 0.577. The molecule has 1 aromatic carbocycles. The minimum absolute atomic E-state index is 0.00557. The van der Waals surface area contributed by atoms with E-state index in [1.54, 1.807) is 58.8 Å². The highest BCUT2D eigenvalue weighted by Crippen LogP contribution is 2.68. The number of carbonyl (C=O) groups is 3. The SMILES string of the molecule is C=CCN(C(=O)C1N(CCCCCO)C(=O)[C@@H]2[C@@H](C(=O)OCC)[C@@H]3SC12CC3Br)c1ccc(Cl)cc1. The Labute approximate surface area is 229 Å². The van der Waals surface area contributed by atoms with E-state index < -0.39 is 22.6 Å². The minimum atomic E-state index is -0.729. The molecule has 1 aromatic rings. The molecule has 7 nitrogen and oxygen atoms in total. The number of carbonyl (C=O) groups excluding carboxylic acids is 3. The molecule has 3 unspecified atom stereocenters. The lowest BCUT2D eigenvalue weighted by atomic mass is 9.71. The molecule has 10 heteroatoms. The van der Waals surface area contributed by atoms with Gasteiger partial charge in [-0.3, -0.25) is 14.4 Å². The average Bonchev–Trinajstić information content (AvgIpc) is 3.44. The molecule has 36 heavy (non-hydrogen) atoms. The number of benzene rings is 1. The van der Waals surface area contributed by atoms with Crippen LogP contribution in [0.15, 0.2) is 36.9 Å². The number of alkyl halides is 1. The lowest BCUT2D eigenvalue weighted by molar-refractivity contribution is -0.153. The number of ether oxygens (including phenoxy) is 1. The number of unbranched alkanes of at least 4 members (excludes halogenated alkanes) is 2. The number of anilines is 1. The number of aliphatic hydroxyl groups is 1. The van der Waals surface area contributed by atoms with E-state index in [0.29, 0.717) is 36.5 Å². The molecule has 196 valence electrons. The number of fused-ring (bicyclic) bond motifs is 1. The van der Waals surface area contributed by atoms with Crippen molar-refractivity contribution >= 4 is 62.8 Å². The maximum absolute atomic E-state index is 14.4. The molecule has 3 fully saturated rings. The smallest absolute Gasteiger partial charge is 0.310 e. The highest BCUT2D eigenvalue weighted by molar-refractivity contribution is 9.09. The Morgan fingerprint density at radius 3 is 2.69 bits per heavy atom. The summed E-state index contributed by atoms with van der Waals surface area (Å²) in [6.07, 6.45) is 4.31. The van der Waals surface area contributed by atoms with Crippen LogP contribution in [-0.2, 0) is 19.1 Å². The van der Waals surface area contributed by atoms with Gasteiger partial charge in [0, 0.05) is 40.5 Å². The summed E-state index contributed by atoms with van der Waals surface area (Å²) in [4.78, 5) is 44.7. The summed E-state index contributed by atoms with van der Waals surface area (Å²) in [6, 6.07) is 6.31. The predicted octanol–water partition coefficient (Wildman–Crippen LogP) is 4.05.